The summed E-state index contributed by atoms with van der Waals surface area (Å²) in [5.74, 6) is 0.312. The molecule has 0 saturated heterocycles. The minimum Gasteiger partial charge on any atom is -0.481 e. The average molecular weight is 314 g/mol. The second kappa shape index (κ2) is 6.73. The van der Waals surface area contributed by atoms with Crippen LogP contribution in [-0.2, 0) is 10.2 Å². The van der Waals surface area contributed by atoms with Gasteiger partial charge in [-0.15, -0.1) is 0 Å². The first kappa shape index (κ1) is 16.9. The van der Waals surface area contributed by atoms with Crippen molar-refractivity contribution < 1.29 is 9.90 Å². The van der Waals surface area contributed by atoms with Crippen molar-refractivity contribution in [3.63, 3.8) is 0 Å². The predicted molar refractivity (Wildman–Crippen MR) is 89.4 cm³/mol. The maximum atomic E-state index is 10.7. The second-order valence-corrected chi connectivity index (χ2v) is 6.50. The highest BCUT2D eigenvalue weighted by molar-refractivity contribution is 5.67. The van der Waals surface area contributed by atoms with E-state index in [4.69, 9.17) is 5.11 Å². The lowest BCUT2D eigenvalue weighted by Gasteiger charge is -2.19. The Morgan fingerprint density at radius 3 is 2.61 bits per heavy atom. The molecule has 2 rings (SSSR count). The average Bonchev–Trinajstić information content (AvgIpc) is 2.45. The van der Waals surface area contributed by atoms with Crippen LogP contribution in [0.3, 0.4) is 0 Å². The largest absolute Gasteiger partial charge is 0.481 e. The van der Waals surface area contributed by atoms with Gasteiger partial charge in [0.25, 0.3) is 0 Å². The van der Waals surface area contributed by atoms with Crippen molar-refractivity contribution in [2.75, 3.05) is 11.9 Å². The van der Waals surface area contributed by atoms with Crippen LogP contribution in [0.15, 0.2) is 24.4 Å². The lowest BCUT2D eigenvalue weighted by atomic mass is 9.92. The number of carbonyl (C=O) groups is 1. The van der Waals surface area contributed by atoms with Gasteiger partial charge in [0.2, 0.25) is 0 Å². The predicted octanol–water partition coefficient (Wildman–Crippen LogP) is 3.03. The van der Waals surface area contributed by atoms with Gasteiger partial charge in [0.05, 0.1) is 12.1 Å². The maximum absolute atomic E-state index is 10.7. The molecule has 0 atom stereocenters. The zero-order valence-electron chi connectivity index (χ0n) is 13.9. The van der Waals surface area contributed by atoms with Gasteiger partial charge in [0.15, 0.2) is 5.82 Å². The summed E-state index contributed by atoms with van der Waals surface area (Å²) >= 11 is 0. The standard InChI is InChI=1S/C17H22N4O2/c1-11-5-7-18-12(9-11)16-20-13(17(2,3)4)10-14(21-16)19-8-6-15(22)23/h5,7,9-10H,6,8H2,1-4H3,(H,22,23)(H,19,20,21). The van der Waals surface area contributed by atoms with Crippen LogP contribution in [-0.4, -0.2) is 32.6 Å². The summed E-state index contributed by atoms with van der Waals surface area (Å²) in [5, 5.41) is 11.8. The highest BCUT2D eigenvalue weighted by Gasteiger charge is 2.19. The molecule has 0 aromatic carbocycles. The number of hydrogen-bond acceptors (Lipinski definition) is 5. The van der Waals surface area contributed by atoms with Crippen molar-refractivity contribution in [2.45, 2.75) is 39.5 Å². The van der Waals surface area contributed by atoms with E-state index in [1.807, 2.05) is 25.1 Å². The summed E-state index contributed by atoms with van der Waals surface area (Å²) in [6, 6.07) is 5.72. The quantitative estimate of drug-likeness (QED) is 0.882. The topological polar surface area (TPSA) is 88.0 Å². The monoisotopic (exact) mass is 314 g/mol. The van der Waals surface area contributed by atoms with Gasteiger partial charge in [-0.1, -0.05) is 20.8 Å². The Morgan fingerprint density at radius 2 is 2.00 bits per heavy atom. The number of aromatic nitrogens is 3. The van der Waals surface area contributed by atoms with Gasteiger partial charge < -0.3 is 10.4 Å². The third kappa shape index (κ3) is 4.74. The first-order chi connectivity index (χ1) is 10.8. The van der Waals surface area contributed by atoms with Gasteiger partial charge >= 0.3 is 5.97 Å². The third-order valence-corrected chi connectivity index (χ3v) is 3.28. The molecular formula is C17H22N4O2. The molecule has 0 spiro atoms. The number of anilines is 1. The van der Waals surface area contributed by atoms with Crippen LogP contribution < -0.4 is 5.32 Å². The molecule has 122 valence electrons. The fraction of sp³-hybridized carbons (Fsp3) is 0.412. The van der Waals surface area contributed by atoms with Crippen molar-refractivity contribution in [3.8, 4) is 11.5 Å². The van der Waals surface area contributed by atoms with Crippen molar-refractivity contribution >= 4 is 11.8 Å². The number of aryl methyl sites for hydroxylation is 1. The summed E-state index contributed by atoms with van der Waals surface area (Å²) in [4.78, 5) is 24.1. The SMILES string of the molecule is Cc1ccnc(-c2nc(NCCC(=O)O)cc(C(C)(C)C)n2)c1. The van der Waals surface area contributed by atoms with Crippen molar-refractivity contribution in [1.82, 2.24) is 15.0 Å². The van der Waals surface area contributed by atoms with Crippen LogP contribution in [0.25, 0.3) is 11.5 Å². The highest BCUT2D eigenvalue weighted by atomic mass is 16.4. The van der Waals surface area contributed by atoms with Crippen molar-refractivity contribution in [1.29, 1.82) is 0 Å². The van der Waals surface area contributed by atoms with Gasteiger partial charge in [0, 0.05) is 24.2 Å². The van der Waals surface area contributed by atoms with E-state index in [0.717, 1.165) is 11.3 Å². The van der Waals surface area contributed by atoms with Crippen LogP contribution in [0.2, 0.25) is 0 Å². The molecule has 2 heterocycles. The Balaban J connectivity index is 2.39. The number of carboxylic acids is 1. The summed E-state index contributed by atoms with van der Waals surface area (Å²) in [6.07, 6.45) is 1.77. The smallest absolute Gasteiger partial charge is 0.305 e. The van der Waals surface area contributed by atoms with E-state index in [0.29, 0.717) is 23.9 Å². The van der Waals surface area contributed by atoms with Crippen LogP contribution in [0, 0.1) is 6.92 Å². The fourth-order valence-electron chi connectivity index (χ4n) is 1.99. The lowest BCUT2D eigenvalue weighted by Crippen LogP contribution is -2.17. The molecule has 2 aromatic rings. The zero-order chi connectivity index (χ0) is 17.0. The number of nitrogens with zero attached hydrogens (tertiary/aromatic N) is 3. The normalized spacial score (nSPS) is 11.3. The van der Waals surface area contributed by atoms with E-state index < -0.39 is 5.97 Å². The van der Waals surface area contributed by atoms with E-state index in [1.54, 1.807) is 6.20 Å². The van der Waals surface area contributed by atoms with Crippen molar-refractivity contribution in [3.05, 3.63) is 35.7 Å². The molecule has 0 saturated carbocycles. The van der Waals surface area contributed by atoms with Gasteiger partial charge in [0.1, 0.15) is 11.5 Å². The molecule has 0 radical (unpaired) electrons. The summed E-state index contributed by atoms with van der Waals surface area (Å²) in [6.45, 7) is 8.53. The number of rotatable bonds is 5. The van der Waals surface area contributed by atoms with E-state index in [2.05, 4.69) is 41.0 Å². The third-order valence-electron chi connectivity index (χ3n) is 3.28. The Labute approximate surface area is 136 Å². The van der Waals surface area contributed by atoms with Gasteiger partial charge in [-0.3, -0.25) is 9.78 Å². The molecule has 0 unspecified atom stereocenters. The molecule has 2 N–H and O–H groups in total. The Morgan fingerprint density at radius 1 is 1.26 bits per heavy atom. The van der Waals surface area contributed by atoms with Gasteiger partial charge in [-0.05, 0) is 24.6 Å². The summed E-state index contributed by atoms with van der Waals surface area (Å²) < 4.78 is 0. The van der Waals surface area contributed by atoms with Crippen LogP contribution in [0.5, 0.6) is 0 Å². The van der Waals surface area contributed by atoms with E-state index in [9.17, 15) is 4.79 Å². The van der Waals surface area contributed by atoms with Crippen LogP contribution in [0.1, 0.15) is 38.4 Å². The van der Waals surface area contributed by atoms with Gasteiger partial charge in [-0.25, -0.2) is 9.97 Å². The first-order valence-electron chi connectivity index (χ1n) is 7.54. The highest BCUT2D eigenvalue weighted by Crippen LogP contribution is 2.25. The number of hydrogen-bond donors (Lipinski definition) is 2. The molecule has 6 heteroatoms. The Hall–Kier alpha value is -2.50. The Bertz CT molecular complexity index is 708. The van der Waals surface area contributed by atoms with E-state index >= 15 is 0 Å². The van der Waals surface area contributed by atoms with Crippen LogP contribution in [0.4, 0.5) is 5.82 Å². The van der Waals surface area contributed by atoms with Crippen molar-refractivity contribution in [2.24, 2.45) is 0 Å². The molecule has 0 bridgehead atoms. The molecule has 6 nitrogen and oxygen atoms in total. The van der Waals surface area contributed by atoms with E-state index in [1.165, 1.54) is 0 Å². The number of carboxylic acid groups (broad SMARTS) is 1. The molecule has 0 fully saturated rings. The minimum absolute atomic E-state index is 0.0346. The fourth-order valence-corrected chi connectivity index (χ4v) is 1.99. The molecule has 0 aliphatic carbocycles. The molecular weight excluding hydrogens is 292 g/mol. The Kier molecular flexibility index (Phi) is 4.93. The molecule has 0 aliphatic heterocycles. The molecule has 2 aromatic heterocycles. The van der Waals surface area contributed by atoms with Gasteiger partial charge in [-0.2, -0.15) is 0 Å². The molecule has 0 aliphatic rings. The molecule has 23 heavy (non-hydrogen) atoms. The minimum atomic E-state index is -0.844. The molecule has 0 amide bonds. The van der Waals surface area contributed by atoms with E-state index in [-0.39, 0.29) is 11.8 Å². The number of aliphatic carboxylic acids is 1. The zero-order valence-corrected chi connectivity index (χ0v) is 13.9. The van der Waals surface area contributed by atoms with Crippen LogP contribution >= 0.6 is 0 Å². The summed E-state index contributed by atoms with van der Waals surface area (Å²) in [7, 11) is 0. The second-order valence-electron chi connectivity index (χ2n) is 6.50. The first-order valence-corrected chi connectivity index (χ1v) is 7.54. The number of pyridine rings is 1. The summed E-state index contributed by atoms with van der Waals surface area (Å²) in [5.41, 5.74) is 2.52. The lowest BCUT2D eigenvalue weighted by molar-refractivity contribution is -0.136. The number of nitrogens with one attached hydrogen (secondary N) is 1. The maximum Gasteiger partial charge on any atom is 0.305 e.